The molecule has 0 N–H and O–H groups in total. The van der Waals surface area contributed by atoms with Gasteiger partial charge >= 0.3 is 17.9 Å². The minimum Gasteiger partial charge on any atom is -0.462 e. The van der Waals surface area contributed by atoms with Crippen LogP contribution < -0.4 is 0 Å². The molecule has 0 aliphatic heterocycles. The Bertz CT molecular complexity index is 1530. The third-order valence-electron chi connectivity index (χ3n) is 15.4. The Hall–Kier alpha value is -3.41. The van der Waals surface area contributed by atoms with Crippen LogP contribution in [-0.2, 0) is 28.6 Å². The van der Waals surface area contributed by atoms with Gasteiger partial charge in [0.25, 0.3) is 0 Å². The fourth-order valence-electron chi connectivity index (χ4n) is 10.2. The molecule has 0 aromatic rings. The second-order valence-electron chi connectivity index (χ2n) is 23.4. The second kappa shape index (κ2) is 69.1. The van der Waals surface area contributed by atoms with Crippen LogP contribution in [0.3, 0.4) is 0 Å². The molecule has 6 nitrogen and oxygen atoms in total. The number of hydrogen-bond donors (Lipinski definition) is 0. The van der Waals surface area contributed by atoms with Crippen molar-refractivity contribution in [1.29, 1.82) is 0 Å². The molecule has 0 radical (unpaired) electrons. The summed E-state index contributed by atoms with van der Waals surface area (Å²) in [7, 11) is 0. The lowest BCUT2D eigenvalue weighted by atomic mass is 10.0. The van der Waals surface area contributed by atoms with Crippen LogP contribution >= 0.6 is 0 Å². The smallest absolute Gasteiger partial charge is 0.309 e. The van der Waals surface area contributed by atoms with E-state index in [1.807, 2.05) is 12.2 Å². The molecular weight excluding hydrogens is 997 g/mol. The molecule has 0 aliphatic carbocycles. The van der Waals surface area contributed by atoms with Gasteiger partial charge in [-0.15, -0.1) is 0 Å². The van der Waals surface area contributed by atoms with E-state index in [0.29, 0.717) is 12.8 Å². The van der Waals surface area contributed by atoms with Gasteiger partial charge in [-0.25, -0.2) is 0 Å². The molecule has 0 saturated heterocycles. The zero-order chi connectivity index (χ0) is 58.5. The van der Waals surface area contributed by atoms with Crippen molar-refractivity contribution in [3.05, 3.63) is 85.1 Å². The Morgan fingerprint density at radius 2 is 0.531 bits per heavy atom. The summed E-state index contributed by atoms with van der Waals surface area (Å²) >= 11 is 0. The molecule has 0 aliphatic rings. The zero-order valence-electron chi connectivity index (χ0n) is 53.8. The minimum absolute atomic E-state index is 0.105. The lowest BCUT2D eigenvalue weighted by Gasteiger charge is -2.18. The summed E-state index contributed by atoms with van der Waals surface area (Å²) in [5, 5.41) is 0. The first-order valence-electron chi connectivity index (χ1n) is 35.1. The maximum absolute atomic E-state index is 12.9. The number of esters is 3. The van der Waals surface area contributed by atoms with Gasteiger partial charge in [0.05, 0.1) is 6.42 Å². The highest BCUT2D eigenvalue weighted by Crippen LogP contribution is 2.17. The molecule has 6 heteroatoms. The summed E-state index contributed by atoms with van der Waals surface area (Å²) in [6.07, 6.45) is 92.2. The molecule has 0 amide bonds. The standard InChI is InChI=1S/C75H132O6/c1-4-7-10-13-16-19-22-25-28-30-32-34-35-36-37-38-39-41-42-44-47-50-53-56-59-62-65-68-74(77)80-71-72(70-79-73(76)67-64-61-58-55-52-49-46-27-24-21-18-15-12-9-6-3)81-75(78)69-66-63-60-57-54-51-48-45-43-40-33-31-29-26-23-20-17-14-11-8-5-2/h9,12,18,21,27,30-33,46,52,55,61,64,72H,4-8,10-11,13-17,19-20,22-26,28-29,34-45,47-51,53-54,56-60,62-63,65-71H2,1-3H3/b12-9-,21-18-,32-30-,33-31-,46-27-,55-52-,64-61-. The predicted molar refractivity (Wildman–Crippen MR) is 353 cm³/mol. The van der Waals surface area contributed by atoms with Crippen molar-refractivity contribution in [2.45, 2.75) is 361 Å². The van der Waals surface area contributed by atoms with Crippen molar-refractivity contribution in [1.82, 2.24) is 0 Å². The van der Waals surface area contributed by atoms with Crippen LogP contribution in [0.25, 0.3) is 0 Å². The molecule has 0 heterocycles. The van der Waals surface area contributed by atoms with Gasteiger partial charge < -0.3 is 14.2 Å². The zero-order valence-corrected chi connectivity index (χ0v) is 53.8. The Balaban J connectivity index is 4.33. The highest BCUT2D eigenvalue weighted by molar-refractivity contribution is 5.72. The monoisotopic (exact) mass is 1130 g/mol. The van der Waals surface area contributed by atoms with Crippen LogP contribution in [0, 0.1) is 0 Å². The Labute approximate surface area is 503 Å². The topological polar surface area (TPSA) is 78.9 Å². The Morgan fingerprint density at radius 3 is 0.852 bits per heavy atom. The third kappa shape index (κ3) is 67.3. The third-order valence-corrected chi connectivity index (χ3v) is 15.4. The second-order valence-corrected chi connectivity index (χ2v) is 23.4. The number of allylic oxidation sites excluding steroid dienone is 13. The number of carbonyl (C=O) groups is 3. The summed E-state index contributed by atoms with van der Waals surface area (Å²) < 4.78 is 16.9. The molecule has 1 atom stereocenters. The van der Waals surface area contributed by atoms with Gasteiger partial charge in [0.15, 0.2) is 6.10 Å². The van der Waals surface area contributed by atoms with Gasteiger partial charge in [-0.05, 0) is 96.3 Å². The number of carbonyl (C=O) groups excluding carboxylic acids is 3. The van der Waals surface area contributed by atoms with Crippen LogP contribution in [0.2, 0.25) is 0 Å². The minimum atomic E-state index is -0.819. The molecule has 0 fully saturated rings. The molecule has 0 rings (SSSR count). The quantitative estimate of drug-likeness (QED) is 0.0261. The van der Waals surface area contributed by atoms with Gasteiger partial charge in [0, 0.05) is 12.8 Å². The molecule has 0 spiro atoms. The molecule has 0 aromatic carbocycles. The first-order valence-corrected chi connectivity index (χ1v) is 35.1. The Kier molecular flexibility index (Phi) is 66.2. The van der Waals surface area contributed by atoms with Crippen molar-refractivity contribution in [2.75, 3.05) is 13.2 Å². The van der Waals surface area contributed by atoms with Crippen LogP contribution in [0.5, 0.6) is 0 Å². The van der Waals surface area contributed by atoms with Crippen molar-refractivity contribution >= 4 is 17.9 Å². The lowest BCUT2D eigenvalue weighted by Crippen LogP contribution is -2.30. The van der Waals surface area contributed by atoms with Gasteiger partial charge in [0.2, 0.25) is 0 Å². The van der Waals surface area contributed by atoms with Crippen molar-refractivity contribution in [2.24, 2.45) is 0 Å². The molecule has 0 saturated carbocycles. The highest BCUT2D eigenvalue weighted by Gasteiger charge is 2.19. The summed E-state index contributed by atoms with van der Waals surface area (Å²) in [5.74, 6) is -1.02. The summed E-state index contributed by atoms with van der Waals surface area (Å²) in [6, 6.07) is 0. The fourth-order valence-corrected chi connectivity index (χ4v) is 10.2. The molecular formula is C75H132O6. The van der Waals surface area contributed by atoms with E-state index >= 15 is 0 Å². The average Bonchev–Trinajstić information content (AvgIpc) is 3.47. The number of rotatable bonds is 64. The van der Waals surface area contributed by atoms with E-state index in [0.717, 1.165) is 70.6 Å². The first kappa shape index (κ1) is 77.6. The highest BCUT2D eigenvalue weighted by atomic mass is 16.6. The van der Waals surface area contributed by atoms with E-state index in [9.17, 15) is 14.4 Å². The van der Waals surface area contributed by atoms with Crippen molar-refractivity contribution < 1.29 is 28.6 Å². The van der Waals surface area contributed by atoms with Crippen LogP contribution in [0.4, 0.5) is 0 Å². The largest absolute Gasteiger partial charge is 0.462 e. The normalized spacial score (nSPS) is 12.6. The maximum atomic E-state index is 12.9. The van der Waals surface area contributed by atoms with Gasteiger partial charge in [0.1, 0.15) is 13.2 Å². The lowest BCUT2D eigenvalue weighted by molar-refractivity contribution is -0.166. The van der Waals surface area contributed by atoms with Crippen molar-refractivity contribution in [3.63, 3.8) is 0 Å². The Morgan fingerprint density at radius 1 is 0.272 bits per heavy atom. The number of hydrogen-bond acceptors (Lipinski definition) is 6. The van der Waals surface area contributed by atoms with E-state index in [4.69, 9.17) is 14.2 Å². The maximum Gasteiger partial charge on any atom is 0.309 e. The van der Waals surface area contributed by atoms with E-state index in [1.54, 1.807) is 0 Å². The average molecular weight is 1130 g/mol. The fraction of sp³-hybridized carbons (Fsp3) is 0.773. The van der Waals surface area contributed by atoms with Gasteiger partial charge in [-0.2, -0.15) is 0 Å². The summed E-state index contributed by atoms with van der Waals surface area (Å²) in [6.45, 7) is 6.48. The van der Waals surface area contributed by atoms with Crippen LogP contribution in [0.1, 0.15) is 355 Å². The number of ether oxygens (including phenoxy) is 3. The van der Waals surface area contributed by atoms with Gasteiger partial charge in [-0.1, -0.05) is 324 Å². The van der Waals surface area contributed by atoms with E-state index in [2.05, 4.69) is 93.7 Å². The van der Waals surface area contributed by atoms with Gasteiger partial charge in [-0.3, -0.25) is 14.4 Å². The van der Waals surface area contributed by atoms with Crippen molar-refractivity contribution in [3.8, 4) is 0 Å². The SMILES string of the molecule is CC/C=C\C/C=C\C/C=C\C/C=C\C/C=C\CC(=O)OCC(COC(=O)CCCCCCCCCCCCCCCCC/C=C\CCCCCCCCCC)OC(=O)CCCCCCCCCCC/C=C\CCCCCCCCCC. The molecule has 468 valence electrons. The molecule has 81 heavy (non-hydrogen) atoms. The summed E-state index contributed by atoms with van der Waals surface area (Å²) in [5.41, 5.74) is 0. The molecule has 1 unspecified atom stereocenters. The number of unbranched alkanes of at least 4 members (excludes halogenated alkanes) is 40. The predicted octanol–water partition coefficient (Wildman–Crippen LogP) is 24.2. The van der Waals surface area contributed by atoms with Crippen LogP contribution in [-0.4, -0.2) is 37.2 Å². The summed E-state index contributed by atoms with van der Waals surface area (Å²) in [4.78, 5) is 38.3. The van der Waals surface area contributed by atoms with E-state index in [-0.39, 0.29) is 31.6 Å². The molecule has 0 aromatic heterocycles. The van der Waals surface area contributed by atoms with E-state index in [1.165, 1.54) is 244 Å². The molecule has 0 bridgehead atoms. The first-order chi connectivity index (χ1) is 40.0. The van der Waals surface area contributed by atoms with E-state index < -0.39 is 12.1 Å². The van der Waals surface area contributed by atoms with Crippen LogP contribution in [0.15, 0.2) is 85.1 Å².